The highest BCUT2D eigenvalue weighted by atomic mass is 16.5. The maximum absolute atomic E-state index is 11.4. The van der Waals surface area contributed by atoms with E-state index in [0.29, 0.717) is 17.1 Å². The first-order valence-electron chi connectivity index (χ1n) is 4.74. The number of methoxy groups -OCH3 is 1. The standard InChI is InChI=1S/C11H10O5/c1-15-8-3-2-4-9-6(8)5-7(10(12)13)11(14)16-9/h2-4,7H,5H2,1H3,(H,12,13). The van der Waals surface area contributed by atoms with E-state index in [0.717, 1.165) is 0 Å². The summed E-state index contributed by atoms with van der Waals surface area (Å²) in [7, 11) is 1.49. The van der Waals surface area contributed by atoms with Crippen LogP contribution in [0.1, 0.15) is 5.56 Å². The van der Waals surface area contributed by atoms with Gasteiger partial charge in [-0.25, -0.2) is 0 Å². The molecule has 5 heteroatoms. The van der Waals surface area contributed by atoms with E-state index in [1.807, 2.05) is 0 Å². The lowest BCUT2D eigenvalue weighted by Crippen LogP contribution is -2.33. The molecule has 5 nitrogen and oxygen atoms in total. The average molecular weight is 222 g/mol. The molecular formula is C11H10O5. The zero-order chi connectivity index (χ0) is 11.7. The maximum atomic E-state index is 11.4. The van der Waals surface area contributed by atoms with Crippen LogP contribution in [0.15, 0.2) is 18.2 Å². The molecule has 1 aliphatic rings. The van der Waals surface area contributed by atoms with Crippen molar-refractivity contribution in [1.82, 2.24) is 0 Å². The summed E-state index contributed by atoms with van der Waals surface area (Å²) in [6.07, 6.45) is 0.105. The second kappa shape index (κ2) is 3.84. The van der Waals surface area contributed by atoms with Crippen LogP contribution in [-0.4, -0.2) is 24.2 Å². The van der Waals surface area contributed by atoms with Crippen LogP contribution in [-0.2, 0) is 16.0 Å². The summed E-state index contributed by atoms with van der Waals surface area (Å²) in [4.78, 5) is 22.2. The van der Waals surface area contributed by atoms with Gasteiger partial charge in [0.2, 0.25) is 0 Å². The molecular weight excluding hydrogens is 212 g/mol. The lowest BCUT2D eigenvalue weighted by Gasteiger charge is -2.22. The SMILES string of the molecule is COc1cccc2c1CC(C(=O)O)C(=O)O2. The first-order valence-corrected chi connectivity index (χ1v) is 4.74. The number of carbonyl (C=O) groups excluding carboxylic acids is 1. The molecule has 0 aliphatic carbocycles. The molecule has 0 saturated carbocycles. The van der Waals surface area contributed by atoms with E-state index in [2.05, 4.69) is 0 Å². The summed E-state index contributed by atoms with van der Waals surface area (Å²) in [6, 6.07) is 5.01. The fourth-order valence-corrected chi connectivity index (χ4v) is 1.69. The molecule has 0 amide bonds. The summed E-state index contributed by atoms with van der Waals surface area (Å²) in [5, 5.41) is 8.86. The highest BCUT2D eigenvalue weighted by Gasteiger charge is 2.35. The number of carboxylic acids is 1. The van der Waals surface area contributed by atoms with E-state index in [1.54, 1.807) is 18.2 Å². The molecule has 16 heavy (non-hydrogen) atoms. The fourth-order valence-electron chi connectivity index (χ4n) is 1.69. The molecule has 1 unspecified atom stereocenters. The predicted octanol–water partition coefficient (Wildman–Crippen LogP) is 0.857. The second-order valence-electron chi connectivity index (χ2n) is 3.45. The minimum atomic E-state index is -1.18. The Morgan fingerprint density at radius 2 is 2.31 bits per heavy atom. The maximum Gasteiger partial charge on any atom is 0.326 e. The molecule has 0 aromatic heterocycles. The highest BCUT2D eigenvalue weighted by Crippen LogP contribution is 2.34. The second-order valence-corrected chi connectivity index (χ2v) is 3.45. The van der Waals surface area contributed by atoms with Gasteiger partial charge >= 0.3 is 11.9 Å². The number of hydrogen-bond acceptors (Lipinski definition) is 4. The Morgan fingerprint density at radius 3 is 2.94 bits per heavy atom. The van der Waals surface area contributed by atoms with Crippen molar-refractivity contribution >= 4 is 11.9 Å². The van der Waals surface area contributed by atoms with Crippen molar-refractivity contribution in [3.8, 4) is 11.5 Å². The molecule has 0 radical (unpaired) electrons. The smallest absolute Gasteiger partial charge is 0.326 e. The summed E-state index contributed by atoms with van der Waals surface area (Å²) < 4.78 is 10.0. The third-order valence-corrected chi connectivity index (χ3v) is 2.51. The minimum absolute atomic E-state index is 0.105. The molecule has 0 bridgehead atoms. The van der Waals surface area contributed by atoms with Crippen LogP contribution in [0.4, 0.5) is 0 Å². The Labute approximate surface area is 91.6 Å². The number of aliphatic carboxylic acids is 1. The number of ether oxygens (including phenoxy) is 2. The topological polar surface area (TPSA) is 72.8 Å². The Kier molecular flexibility index (Phi) is 2.52. The first-order chi connectivity index (χ1) is 7.63. The number of fused-ring (bicyclic) bond motifs is 1. The van der Waals surface area contributed by atoms with Crippen molar-refractivity contribution < 1.29 is 24.2 Å². The van der Waals surface area contributed by atoms with Gasteiger partial charge in [0.15, 0.2) is 5.92 Å². The van der Waals surface area contributed by atoms with Gasteiger partial charge in [0.05, 0.1) is 7.11 Å². The number of hydrogen-bond donors (Lipinski definition) is 1. The molecule has 1 aromatic rings. The van der Waals surface area contributed by atoms with Gasteiger partial charge in [0.1, 0.15) is 11.5 Å². The number of carbonyl (C=O) groups is 2. The van der Waals surface area contributed by atoms with Crippen LogP contribution in [0.25, 0.3) is 0 Å². The van der Waals surface area contributed by atoms with Gasteiger partial charge in [-0.15, -0.1) is 0 Å². The van der Waals surface area contributed by atoms with E-state index in [1.165, 1.54) is 7.11 Å². The first kappa shape index (κ1) is 10.5. The third-order valence-electron chi connectivity index (χ3n) is 2.51. The molecule has 84 valence electrons. The minimum Gasteiger partial charge on any atom is -0.496 e. The van der Waals surface area contributed by atoms with E-state index in [9.17, 15) is 9.59 Å². The Hall–Kier alpha value is -2.04. The van der Waals surface area contributed by atoms with Crippen molar-refractivity contribution in [2.75, 3.05) is 7.11 Å². The average Bonchev–Trinajstić information content (AvgIpc) is 2.26. The van der Waals surface area contributed by atoms with E-state index >= 15 is 0 Å². The van der Waals surface area contributed by atoms with Crippen LogP contribution >= 0.6 is 0 Å². The van der Waals surface area contributed by atoms with E-state index in [-0.39, 0.29) is 6.42 Å². The number of rotatable bonds is 2. The molecule has 0 fully saturated rings. The predicted molar refractivity (Wildman–Crippen MR) is 53.5 cm³/mol. The molecule has 1 aromatic carbocycles. The van der Waals surface area contributed by atoms with Crippen molar-refractivity contribution in [1.29, 1.82) is 0 Å². The summed E-state index contributed by atoms with van der Waals surface area (Å²) >= 11 is 0. The quantitative estimate of drug-likeness (QED) is 0.456. The summed E-state index contributed by atoms with van der Waals surface area (Å²) in [5.74, 6) is -2.14. The Balaban J connectivity index is 2.43. The molecule has 0 spiro atoms. The van der Waals surface area contributed by atoms with Crippen LogP contribution < -0.4 is 9.47 Å². The number of benzene rings is 1. The highest BCUT2D eigenvalue weighted by molar-refractivity contribution is 5.96. The molecule has 0 saturated heterocycles. The van der Waals surface area contributed by atoms with Crippen LogP contribution in [0.5, 0.6) is 11.5 Å². The van der Waals surface area contributed by atoms with Crippen LogP contribution in [0, 0.1) is 5.92 Å². The molecule has 1 heterocycles. The van der Waals surface area contributed by atoms with E-state index in [4.69, 9.17) is 14.6 Å². The van der Waals surface area contributed by atoms with Crippen molar-refractivity contribution in [2.45, 2.75) is 6.42 Å². The largest absolute Gasteiger partial charge is 0.496 e. The zero-order valence-electron chi connectivity index (χ0n) is 8.60. The van der Waals surface area contributed by atoms with Gasteiger partial charge in [-0.3, -0.25) is 9.59 Å². The van der Waals surface area contributed by atoms with Gasteiger partial charge < -0.3 is 14.6 Å². The molecule has 1 aliphatic heterocycles. The summed E-state index contributed by atoms with van der Waals surface area (Å²) in [6.45, 7) is 0. The Morgan fingerprint density at radius 1 is 1.56 bits per heavy atom. The molecule has 1 N–H and O–H groups in total. The van der Waals surface area contributed by atoms with Gasteiger partial charge in [-0.1, -0.05) is 6.07 Å². The van der Waals surface area contributed by atoms with Crippen molar-refractivity contribution in [3.05, 3.63) is 23.8 Å². The normalized spacial score (nSPS) is 18.6. The zero-order valence-corrected chi connectivity index (χ0v) is 8.60. The van der Waals surface area contributed by atoms with Gasteiger partial charge in [0, 0.05) is 12.0 Å². The Bertz CT molecular complexity index is 452. The molecule has 1 atom stereocenters. The van der Waals surface area contributed by atoms with Crippen molar-refractivity contribution in [3.63, 3.8) is 0 Å². The summed E-state index contributed by atoms with van der Waals surface area (Å²) in [5.41, 5.74) is 0.622. The lowest BCUT2D eigenvalue weighted by atomic mass is 9.95. The number of esters is 1. The number of carboxylic acid groups (broad SMARTS) is 1. The van der Waals surface area contributed by atoms with E-state index < -0.39 is 17.9 Å². The van der Waals surface area contributed by atoms with Gasteiger partial charge in [-0.2, -0.15) is 0 Å². The fraction of sp³-hybridized carbons (Fsp3) is 0.273. The van der Waals surface area contributed by atoms with Crippen LogP contribution in [0.3, 0.4) is 0 Å². The monoisotopic (exact) mass is 222 g/mol. The van der Waals surface area contributed by atoms with Gasteiger partial charge in [-0.05, 0) is 12.1 Å². The van der Waals surface area contributed by atoms with Crippen LogP contribution in [0.2, 0.25) is 0 Å². The molecule has 2 rings (SSSR count). The van der Waals surface area contributed by atoms with Crippen molar-refractivity contribution in [2.24, 2.45) is 5.92 Å². The third kappa shape index (κ3) is 1.60. The van der Waals surface area contributed by atoms with Gasteiger partial charge in [0.25, 0.3) is 0 Å². The lowest BCUT2D eigenvalue weighted by molar-refractivity contribution is -0.153.